The highest BCUT2D eigenvalue weighted by molar-refractivity contribution is 14.0. The van der Waals surface area contributed by atoms with Crippen LogP contribution in [0.2, 0.25) is 0 Å². The summed E-state index contributed by atoms with van der Waals surface area (Å²) in [5, 5.41) is 6.99. The van der Waals surface area contributed by atoms with Gasteiger partial charge in [-0.3, -0.25) is 4.99 Å². The third kappa shape index (κ3) is 6.22. The average molecular weight is 499 g/mol. The number of guanidine groups is 1. The highest BCUT2D eigenvalue weighted by Gasteiger charge is 2.42. The van der Waals surface area contributed by atoms with E-state index >= 15 is 0 Å². The summed E-state index contributed by atoms with van der Waals surface area (Å²) in [6.45, 7) is 6.57. The third-order valence-corrected chi connectivity index (χ3v) is 7.44. The van der Waals surface area contributed by atoms with Gasteiger partial charge < -0.3 is 15.4 Å². The Hall–Kier alpha value is -0.0900. The molecule has 0 aromatic carbocycles. The number of aliphatic imine (C=N–C) groups is 1. The molecule has 2 aliphatic heterocycles. The fourth-order valence-corrected chi connectivity index (χ4v) is 5.83. The second-order valence-corrected chi connectivity index (χ2v) is 10.7. The fourth-order valence-electron chi connectivity index (χ4n) is 3.96. The second kappa shape index (κ2) is 9.41. The zero-order valence-electron chi connectivity index (χ0n) is 16.0. The fraction of sp³-hybridized carbons (Fsp3) is 0.944. The number of hydrogen-bond donors (Lipinski definition) is 2. The van der Waals surface area contributed by atoms with Crippen LogP contribution in [0.4, 0.5) is 0 Å². The van der Waals surface area contributed by atoms with E-state index in [2.05, 4.69) is 24.5 Å². The monoisotopic (exact) mass is 499 g/mol. The number of nitrogens with zero attached hydrogens (tertiary/aromatic N) is 1. The van der Waals surface area contributed by atoms with Gasteiger partial charge in [-0.15, -0.1) is 24.0 Å². The molecule has 2 unspecified atom stereocenters. The third-order valence-electron chi connectivity index (χ3n) is 5.60. The molecule has 0 aromatic rings. The van der Waals surface area contributed by atoms with Crippen LogP contribution in [-0.2, 0) is 14.6 Å². The van der Waals surface area contributed by atoms with Crippen LogP contribution in [0.1, 0.15) is 52.4 Å². The number of halogens is 1. The number of sulfone groups is 1. The van der Waals surface area contributed by atoms with Gasteiger partial charge in [-0.05, 0) is 50.4 Å². The molecule has 6 nitrogen and oxygen atoms in total. The summed E-state index contributed by atoms with van der Waals surface area (Å²) in [4.78, 5) is 4.71. The van der Waals surface area contributed by atoms with Crippen LogP contribution in [0.3, 0.4) is 0 Å². The van der Waals surface area contributed by atoms with Gasteiger partial charge >= 0.3 is 0 Å². The van der Waals surface area contributed by atoms with Gasteiger partial charge in [0.05, 0.1) is 17.1 Å². The first kappa shape index (κ1) is 22.2. The summed E-state index contributed by atoms with van der Waals surface area (Å²) < 4.78 is 29.3. The van der Waals surface area contributed by atoms with E-state index in [0.717, 1.165) is 38.4 Å². The predicted octanol–water partition coefficient (Wildman–Crippen LogP) is 2.33. The van der Waals surface area contributed by atoms with Crippen molar-refractivity contribution in [2.45, 2.75) is 64.0 Å². The van der Waals surface area contributed by atoms with Crippen molar-refractivity contribution >= 4 is 39.8 Å². The van der Waals surface area contributed by atoms with Crippen LogP contribution in [0.15, 0.2) is 4.99 Å². The molecular formula is C18H34IN3O3S. The van der Waals surface area contributed by atoms with E-state index in [1.54, 1.807) is 0 Å². The van der Waals surface area contributed by atoms with Crippen LogP contribution in [-0.4, -0.2) is 57.2 Å². The molecule has 3 aliphatic rings. The highest BCUT2D eigenvalue weighted by Crippen LogP contribution is 2.42. The van der Waals surface area contributed by atoms with Gasteiger partial charge in [-0.1, -0.05) is 13.8 Å². The molecule has 0 aromatic heterocycles. The molecule has 3 rings (SSSR count). The minimum absolute atomic E-state index is 0. The Morgan fingerprint density at radius 3 is 2.65 bits per heavy atom. The molecule has 2 heterocycles. The molecule has 2 saturated heterocycles. The zero-order valence-corrected chi connectivity index (χ0v) is 19.1. The summed E-state index contributed by atoms with van der Waals surface area (Å²) in [6, 6.07) is 0.389. The molecule has 2 N–H and O–H groups in total. The van der Waals surface area contributed by atoms with E-state index in [-0.39, 0.29) is 35.5 Å². The summed E-state index contributed by atoms with van der Waals surface area (Å²) in [5.74, 6) is 2.16. The van der Waals surface area contributed by atoms with Gasteiger partial charge in [-0.25, -0.2) is 8.42 Å². The first-order valence-electron chi connectivity index (χ1n) is 9.75. The molecule has 152 valence electrons. The first-order valence-corrected chi connectivity index (χ1v) is 11.6. The number of rotatable bonds is 5. The van der Waals surface area contributed by atoms with Gasteiger partial charge in [0, 0.05) is 25.7 Å². The quantitative estimate of drug-likeness (QED) is 0.345. The molecule has 0 amide bonds. The summed E-state index contributed by atoms with van der Waals surface area (Å²) in [5.41, 5.74) is 0.110. The minimum Gasteiger partial charge on any atom is -0.375 e. The molecule has 8 heteroatoms. The lowest BCUT2D eigenvalue weighted by Crippen LogP contribution is -2.54. The van der Waals surface area contributed by atoms with E-state index < -0.39 is 9.84 Å². The van der Waals surface area contributed by atoms with Crippen molar-refractivity contribution in [1.29, 1.82) is 0 Å². The van der Waals surface area contributed by atoms with Crippen molar-refractivity contribution in [3.8, 4) is 0 Å². The topological polar surface area (TPSA) is 79.8 Å². The van der Waals surface area contributed by atoms with E-state index in [1.807, 2.05) is 0 Å². The Labute approximate surface area is 175 Å². The molecule has 1 saturated carbocycles. The maximum absolute atomic E-state index is 11.6. The Kier molecular flexibility index (Phi) is 8.03. The number of ether oxygens (including phenoxy) is 1. The first-order chi connectivity index (χ1) is 11.9. The number of hydrogen-bond acceptors (Lipinski definition) is 4. The molecule has 1 spiro atoms. The molecule has 0 radical (unpaired) electrons. The van der Waals surface area contributed by atoms with Gasteiger partial charge in [0.15, 0.2) is 15.8 Å². The van der Waals surface area contributed by atoms with E-state index in [0.29, 0.717) is 30.0 Å². The van der Waals surface area contributed by atoms with Crippen molar-refractivity contribution < 1.29 is 13.2 Å². The molecule has 26 heavy (non-hydrogen) atoms. The number of nitrogens with one attached hydrogen (secondary N) is 2. The zero-order chi connectivity index (χ0) is 17.9. The SMILES string of the molecule is CC(C)CN=C(NCC1CCS(=O)(=O)C1)NC1CCOC2(CCC2)C1.I. The Morgan fingerprint density at radius 1 is 1.31 bits per heavy atom. The average Bonchev–Trinajstić information content (AvgIpc) is 2.88. The largest absolute Gasteiger partial charge is 0.375 e. The summed E-state index contributed by atoms with van der Waals surface area (Å²) in [6.07, 6.45) is 6.44. The van der Waals surface area contributed by atoms with Gasteiger partial charge in [0.25, 0.3) is 0 Å². The predicted molar refractivity (Wildman–Crippen MR) is 116 cm³/mol. The van der Waals surface area contributed by atoms with E-state index in [1.165, 1.54) is 19.3 Å². The summed E-state index contributed by atoms with van der Waals surface area (Å²) in [7, 11) is -2.82. The molecule has 1 aliphatic carbocycles. The maximum atomic E-state index is 11.6. The van der Waals surface area contributed by atoms with Crippen LogP contribution in [0.25, 0.3) is 0 Å². The van der Waals surface area contributed by atoms with Crippen LogP contribution < -0.4 is 10.6 Å². The van der Waals surface area contributed by atoms with Crippen LogP contribution in [0.5, 0.6) is 0 Å². The van der Waals surface area contributed by atoms with Crippen LogP contribution >= 0.6 is 24.0 Å². The lowest BCUT2D eigenvalue weighted by atomic mass is 9.74. The Bertz CT molecular complexity index is 590. The molecule has 0 bridgehead atoms. The van der Waals surface area contributed by atoms with Gasteiger partial charge in [0.1, 0.15) is 0 Å². The molecular weight excluding hydrogens is 465 g/mol. The second-order valence-electron chi connectivity index (χ2n) is 8.45. The smallest absolute Gasteiger partial charge is 0.191 e. The lowest BCUT2D eigenvalue weighted by molar-refractivity contribution is -0.134. The Morgan fingerprint density at radius 2 is 2.08 bits per heavy atom. The van der Waals surface area contributed by atoms with Gasteiger partial charge in [0.2, 0.25) is 0 Å². The van der Waals surface area contributed by atoms with Crippen molar-refractivity contribution in [2.24, 2.45) is 16.8 Å². The minimum atomic E-state index is -2.82. The van der Waals surface area contributed by atoms with Crippen molar-refractivity contribution in [3.05, 3.63) is 0 Å². The maximum Gasteiger partial charge on any atom is 0.191 e. The van der Waals surface area contributed by atoms with Crippen molar-refractivity contribution in [3.63, 3.8) is 0 Å². The van der Waals surface area contributed by atoms with E-state index in [4.69, 9.17) is 9.73 Å². The summed E-state index contributed by atoms with van der Waals surface area (Å²) >= 11 is 0. The normalized spacial score (nSPS) is 29.9. The van der Waals surface area contributed by atoms with Gasteiger partial charge in [-0.2, -0.15) is 0 Å². The van der Waals surface area contributed by atoms with Crippen molar-refractivity contribution in [2.75, 3.05) is 31.2 Å². The standard InChI is InChI=1S/C18H33N3O3S.HI/c1-14(2)11-19-17(20-12-15-5-9-25(22,23)13-15)21-16-4-8-24-18(10-16)6-3-7-18;/h14-16H,3-13H2,1-2H3,(H2,19,20,21);1H. The Balaban J connectivity index is 0.00000243. The van der Waals surface area contributed by atoms with Crippen LogP contribution in [0, 0.1) is 11.8 Å². The van der Waals surface area contributed by atoms with E-state index in [9.17, 15) is 8.42 Å². The molecule has 2 atom stereocenters. The molecule has 3 fully saturated rings. The highest BCUT2D eigenvalue weighted by atomic mass is 127. The lowest BCUT2D eigenvalue weighted by Gasteiger charge is -2.47. The van der Waals surface area contributed by atoms with Crippen molar-refractivity contribution in [1.82, 2.24) is 10.6 Å².